The fraction of sp³-hybridized carbons (Fsp3) is 0.120. The van der Waals surface area contributed by atoms with Crippen LogP contribution in [0.4, 0.5) is 34.6 Å². The van der Waals surface area contributed by atoms with Crippen LogP contribution < -0.4 is 16.0 Å². The van der Waals surface area contributed by atoms with Crippen LogP contribution in [0.5, 0.6) is 0 Å². The molecule has 150 valence electrons. The summed E-state index contributed by atoms with van der Waals surface area (Å²) in [7, 11) is 0. The van der Waals surface area contributed by atoms with E-state index in [1.54, 1.807) is 6.07 Å². The van der Waals surface area contributed by atoms with Gasteiger partial charge in [0.1, 0.15) is 11.6 Å². The molecular weight excluding hydrogens is 370 g/mol. The molecule has 0 aliphatic carbocycles. The molecule has 0 spiro atoms. The Morgan fingerprint density at radius 3 is 1.63 bits per heavy atom. The Labute approximate surface area is 177 Å². The second kappa shape index (κ2) is 8.25. The Bertz CT molecular complexity index is 1090. The summed E-state index contributed by atoms with van der Waals surface area (Å²) in [6.45, 7) is 6.21. The van der Waals surface area contributed by atoms with Crippen molar-refractivity contribution in [1.29, 1.82) is 0 Å². The Morgan fingerprint density at radius 2 is 1.13 bits per heavy atom. The lowest BCUT2D eigenvalue weighted by molar-refractivity contribution is 1.12. The third-order valence-corrected chi connectivity index (χ3v) is 4.85. The molecule has 4 rings (SSSR count). The molecule has 5 heteroatoms. The third-order valence-electron chi connectivity index (χ3n) is 4.85. The number of anilines is 6. The van der Waals surface area contributed by atoms with Crippen molar-refractivity contribution >= 4 is 34.6 Å². The second-order valence-electron chi connectivity index (χ2n) is 7.47. The first kappa shape index (κ1) is 19.5. The van der Waals surface area contributed by atoms with Gasteiger partial charge in [-0.25, -0.2) is 0 Å². The van der Waals surface area contributed by atoms with Gasteiger partial charge in [0.05, 0.1) is 0 Å². The SMILES string of the molecule is Cc1ccc(Nc2nc(N)cc(N(c3ccc(C)cc3)c3ccc(C)cc3)n2)cc1. The predicted octanol–water partition coefficient (Wildman–Crippen LogP) is 6.20. The maximum atomic E-state index is 6.16. The number of aromatic nitrogens is 2. The van der Waals surface area contributed by atoms with Crippen molar-refractivity contribution in [3.05, 3.63) is 95.6 Å². The third kappa shape index (κ3) is 4.41. The summed E-state index contributed by atoms with van der Waals surface area (Å²) in [6, 6.07) is 26.6. The van der Waals surface area contributed by atoms with Gasteiger partial charge in [-0.2, -0.15) is 9.97 Å². The van der Waals surface area contributed by atoms with Crippen LogP contribution in [0.15, 0.2) is 78.9 Å². The molecule has 1 aromatic heterocycles. The molecule has 0 fully saturated rings. The zero-order chi connectivity index (χ0) is 21.1. The highest BCUT2D eigenvalue weighted by molar-refractivity contribution is 5.76. The van der Waals surface area contributed by atoms with Crippen molar-refractivity contribution in [2.24, 2.45) is 0 Å². The fourth-order valence-corrected chi connectivity index (χ4v) is 3.19. The normalized spacial score (nSPS) is 10.6. The summed E-state index contributed by atoms with van der Waals surface area (Å²) in [5, 5.41) is 3.26. The van der Waals surface area contributed by atoms with Gasteiger partial charge in [-0.1, -0.05) is 53.1 Å². The zero-order valence-electron chi connectivity index (χ0n) is 17.4. The van der Waals surface area contributed by atoms with Crippen molar-refractivity contribution in [3.63, 3.8) is 0 Å². The standard InChI is InChI=1S/C25H25N5/c1-17-4-10-20(11-5-17)27-25-28-23(26)16-24(29-25)30(21-12-6-18(2)7-13-21)22-14-8-19(3)9-15-22/h4-16H,1-3H3,(H3,26,27,28,29). The molecule has 5 nitrogen and oxygen atoms in total. The van der Waals surface area contributed by atoms with Gasteiger partial charge in [-0.3, -0.25) is 4.90 Å². The minimum Gasteiger partial charge on any atom is -0.383 e. The number of rotatable bonds is 5. The van der Waals surface area contributed by atoms with Crippen molar-refractivity contribution < 1.29 is 0 Å². The monoisotopic (exact) mass is 395 g/mol. The lowest BCUT2D eigenvalue weighted by atomic mass is 10.1. The van der Waals surface area contributed by atoms with Gasteiger partial charge in [0, 0.05) is 23.1 Å². The van der Waals surface area contributed by atoms with Crippen LogP contribution in [0.1, 0.15) is 16.7 Å². The van der Waals surface area contributed by atoms with Gasteiger partial charge < -0.3 is 11.1 Å². The summed E-state index contributed by atoms with van der Waals surface area (Å²) in [6.07, 6.45) is 0. The number of nitrogens with two attached hydrogens (primary N) is 1. The Kier molecular flexibility index (Phi) is 5.35. The van der Waals surface area contributed by atoms with Gasteiger partial charge >= 0.3 is 0 Å². The van der Waals surface area contributed by atoms with E-state index in [1.807, 2.05) is 24.3 Å². The molecule has 0 amide bonds. The fourth-order valence-electron chi connectivity index (χ4n) is 3.19. The summed E-state index contributed by atoms with van der Waals surface area (Å²) >= 11 is 0. The van der Waals surface area contributed by atoms with Crippen molar-refractivity contribution in [3.8, 4) is 0 Å². The van der Waals surface area contributed by atoms with Crippen LogP contribution in [-0.2, 0) is 0 Å². The van der Waals surface area contributed by atoms with Crippen LogP contribution >= 0.6 is 0 Å². The molecule has 3 aromatic carbocycles. The van der Waals surface area contributed by atoms with Gasteiger partial charge in [-0.05, 0) is 57.2 Å². The highest BCUT2D eigenvalue weighted by Gasteiger charge is 2.16. The molecule has 1 heterocycles. The minimum atomic E-state index is 0.402. The number of aryl methyl sites for hydroxylation is 3. The molecule has 0 bridgehead atoms. The van der Waals surface area contributed by atoms with Crippen molar-refractivity contribution in [2.45, 2.75) is 20.8 Å². The quantitative estimate of drug-likeness (QED) is 0.421. The number of nitrogens with zero attached hydrogens (tertiary/aromatic N) is 3. The van der Waals surface area contributed by atoms with E-state index in [-0.39, 0.29) is 0 Å². The Hall–Kier alpha value is -3.86. The molecule has 0 saturated heterocycles. The first-order valence-electron chi connectivity index (χ1n) is 9.90. The molecule has 0 saturated carbocycles. The van der Waals surface area contributed by atoms with E-state index in [9.17, 15) is 0 Å². The summed E-state index contributed by atoms with van der Waals surface area (Å²) in [4.78, 5) is 11.2. The van der Waals surface area contributed by atoms with E-state index in [4.69, 9.17) is 10.7 Å². The Morgan fingerprint density at radius 1 is 0.667 bits per heavy atom. The number of nitrogen functional groups attached to an aromatic ring is 1. The van der Waals surface area contributed by atoms with Crippen molar-refractivity contribution in [1.82, 2.24) is 9.97 Å². The van der Waals surface area contributed by atoms with Gasteiger partial charge in [0.15, 0.2) is 0 Å². The molecular formula is C25H25N5. The van der Waals surface area contributed by atoms with Gasteiger partial charge in [0.25, 0.3) is 0 Å². The first-order chi connectivity index (χ1) is 14.5. The Balaban J connectivity index is 1.77. The average molecular weight is 396 g/mol. The van der Waals surface area contributed by atoms with E-state index >= 15 is 0 Å². The molecule has 3 N–H and O–H groups in total. The molecule has 0 aliphatic heterocycles. The molecule has 0 atom stereocenters. The molecule has 4 aromatic rings. The predicted molar refractivity (Wildman–Crippen MR) is 125 cm³/mol. The summed E-state index contributed by atoms with van der Waals surface area (Å²) in [5.74, 6) is 1.56. The number of benzene rings is 3. The number of hydrogen-bond donors (Lipinski definition) is 2. The van der Waals surface area contributed by atoms with Crippen LogP contribution in [-0.4, -0.2) is 9.97 Å². The van der Waals surface area contributed by atoms with Gasteiger partial charge in [0.2, 0.25) is 5.95 Å². The second-order valence-corrected chi connectivity index (χ2v) is 7.47. The molecule has 0 aliphatic rings. The van der Waals surface area contributed by atoms with E-state index in [2.05, 4.69) is 84.5 Å². The largest absolute Gasteiger partial charge is 0.383 e. The zero-order valence-corrected chi connectivity index (χ0v) is 17.4. The number of nitrogens with one attached hydrogen (secondary N) is 1. The van der Waals surface area contributed by atoms with Crippen LogP contribution in [0.25, 0.3) is 0 Å². The summed E-state index contributed by atoms with van der Waals surface area (Å²) < 4.78 is 0. The van der Waals surface area contributed by atoms with E-state index in [0.29, 0.717) is 17.6 Å². The average Bonchev–Trinajstić information content (AvgIpc) is 2.72. The van der Waals surface area contributed by atoms with E-state index in [1.165, 1.54) is 16.7 Å². The summed E-state index contributed by atoms with van der Waals surface area (Å²) in [5.41, 5.74) is 12.7. The highest BCUT2D eigenvalue weighted by Crippen LogP contribution is 2.34. The highest BCUT2D eigenvalue weighted by atomic mass is 15.2. The lowest BCUT2D eigenvalue weighted by Crippen LogP contribution is -2.14. The topological polar surface area (TPSA) is 67.1 Å². The van der Waals surface area contributed by atoms with Gasteiger partial charge in [-0.15, -0.1) is 0 Å². The minimum absolute atomic E-state index is 0.402. The van der Waals surface area contributed by atoms with E-state index in [0.717, 1.165) is 17.1 Å². The molecule has 0 radical (unpaired) electrons. The van der Waals surface area contributed by atoms with Crippen molar-refractivity contribution in [2.75, 3.05) is 16.0 Å². The lowest BCUT2D eigenvalue weighted by Gasteiger charge is -2.25. The smallest absolute Gasteiger partial charge is 0.231 e. The maximum absolute atomic E-state index is 6.16. The number of hydrogen-bond acceptors (Lipinski definition) is 5. The molecule has 0 unspecified atom stereocenters. The first-order valence-corrected chi connectivity index (χ1v) is 9.90. The van der Waals surface area contributed by atoms with Crippen LogP contribution in [0, 0.1) is 20.8 Å². The van der Waals surface area contributed by atoms with Crippen LogP contribution in [0.3, 0.4) is 0 Å². The van der Waals surface area contributed by atoms with Crippen LogP contribution in [0.2, 0.25) is 0 Å². The van der Waals surface area contributed by atoms with E-state index < -0.39 is 0 Å². The maximum Gasteiger partial charge on any atom is 0.231 e. The molecule has 30 heavy (non-hydrogen) atoms.